The zero-order valence-corrected chi connectivity index (χ0v) is 25.1. The number of benzene rings is 1. The molecule has 2 aliphatic heterocycles. The van der Waals surface area contributed by atoms with Crippen molar-refractivity contribution >= 4 is 23.0 Å². The van der Waals surface area contributed by atoms with E-state index >= 15 is 4.39 Å². The Morgan fingerprint density at radius 1 is 1.23 bits per heavy atom. The molecular weight excluding hydrogens is 560 g/mol. The van der Waals surface area contributed by atoms with Gasteiger partial charge in [-0.3, -0.25) is 0 Å². The third-order valence-corrected chi connectivity index (χ3v) is 8.10. The lowest BCUT2D eigenvalue weighted by atomic mass is 9.86. The van der Waals surface area contributed by atoms with Crippen molar-refractivity contribution in [3.05, 3.63) is 40.3 Å². The van der Waals surface area contributed by atoms with Crippen molar-refractivity contribution in [1.29, 1.82) is 0 Å². The first-order chi connectivity index (χ1) is 20.3. The average molecular weight is 596 g/mol. The fourth-order valence-electron chi connectivity index (χ4n) is 6.12. The van der Waals surface area contributed by atoms with E-state index in [0.717, 1.165) is 17.5 Å². The first kappa shape index (κ1) is 29.0. The molecule has 4 aromatic rings. The zero-order valence-electron chi connectivity index (χ0n) is 25.1. The molecule has 1 fully saturated rings. The second kappa shape index (κ2) is 10.6. The molecule has 1 saturated heterocycles. The van der Waals surface area contributed by atoms with Crippen LogP contribution in [-0.4, -0.2) is 62.3 Å². The summed E-state index contributed by atoms with van der Waals surface area (Å²) in [7, 11) is 1.79. The molecular formula is C31H35F2N5O5. The lowest BCUT2D eigenvalue weighted by Crippen LogP contribution is -2.28. The predicted octanol–water partition coefficient (Wildman–Crippen LogP) is 5.86. The van der Waals surface area contributed by atoms with Gasteiger partial charge >= 0.3 is 12.0 Å². The number of nitrogens with zero attached hydrogens (tertiary/aromatic N) is 5. The van der Waals surface area contributed by atoms with Gasteiger partial charge in [-0.15, -0.1) is 5.10 Å². The number of hydrogen-bond acceptors (Lipinski definition) is 8. The minimum absolute atomic E-state index is 0.183. The summed E-state index contributed by atoms with van der Waals surface area (Å²) in [5, 5.41) is 19.4. The summed E-state index contributed by atoms with van der Waals surface area (Å²) in [4.78, 5) is 19.3. The number of carbonyl (C=O) groups is 1. The van der Waals surface area contributed by atoms with Gasteiger partial charge in [-0.05, 0) is 77.1 Å². The number of anilines is 1. The SMILES string of the molecule is Cc1nc2c(cc(-c3nnc(N4CC[C@@H](F)C4)o3)n2C)c(-c2cc(F)c3c(c2C)CCCO3)c1[C@H](OC(C)(C)C)C(=O)O. The highest BCUT2D eigenvalue weighted by atomic mass is 19.1. The van der Waals surface area contributed by atoms with Gasteiger partial charge in [-0.2, -0.15) is 0 Å². The van der Waals surface area contributed by atoms with Crippen molar-refractivity contribution < 1.29 is 32.6 Å². The maximum absolute atomic E-state index is 15.6. The fourth-order valence-corrected chi connectivity index (χ4v) is 6.12. The number of carboxylic acid groups (broad SMARTS) is 1. The van der Waals surface area contributed by atoms with E-state index in [-0.39, 0.29) is 24.2 Å². The van der Waals surface area contributed by atoms with Gasteiger partial charge in [0.1, 0.15) is 17.5 Å². The summed E-state index contributed by atoms with van der Waals surface area (Å²) in [5.74, 6) is -1.26. The maximum Gasteiger partial charge on any atom is 0.337 e. The second-order valence-corrected chi connectivity index (χ2v) is 12.3. The Morgan fingerprint density at radius 3 is 2.67 bits per heavy atom. The standard InChI is InChI=1S/C31H35F2N5O5/c1-15-18-8-7-11-41-25(18)21(33)12-19(15)24-20-13-22(28-35-36-30(42-28)38-10-9-17(32)14-38)37(6)27(20)34-16(2)23(24)26(29(39)40)43-31(3,4)5/h12-13,17,26H,7-11,14H2,1-6H3,(H,39,40)/t17-,26+/m1/s1. The van der Waals surface area contributed by atoms with Gasteiger partial charge in [0, 0.05) is 41.4 Å². The number of alkyl halides is 1. The lowest BCUT2D eigenvalue weighted by Gasteiger charge is -2.29. The second-order valence-electron chi connectivity index (χ2n) is 12.3. The van der Waals surface area contributed by atoms with Gasteiger partial charge < -0.3 is 28.5 Å². The van der Waals surface area contributed by atoms with Crippen molar-refractivity contribution in [2.45, 2.75) is 71.8 Å². The largest absolute Gasteiger partial charge is 0.490 e. The Hall–Kier alpha value is -4.06. The van der Waals surface area contributed by atoms with Crippen LogP contribution in [0, 0.1) is 19.7 Å². The van der Waals surface area contributed by atoms with Crippen molar-refractivity contribution in [3.63, 3.8) is 0 Å². The quantitative estimate of drug-likeness (QED) is 0.293. The van der Waals surface area contributed by atoms with E-state index in [1.807, 2.05) is 6.92 Å². The first-order valence-electron chi connectivity index (χ1n) is 14.4. The van der Waals surface area contributed by atoms with Crippen LogP contribution in [0.1, 0.15) is 62.1 Å². The average Bonchev–Trinajstić information content (AvgIpc) is 3.68. The Kier molecular flexibility index (Phi) is 7.15. The molecule has 3 aromatic heterocycles. The van der Waals surface area contributed by atoms with Gasteiger partial charge in [0.15, 0.2) is 17.7 Å². The Balaban J connectivity index is 1.62. The number of aryl methyl sites for hydroxylation is 2. The van der Waals surface area contributed by atoms with Crippen LogP contribution in [0.4, 0.5) is 14.8 Å². The van der Waals surface area contributed by atoms with Gasteiger partial charge in [-0.1, -0.05) is 5.10 Å². The van der Waals surface area contributed by atoms with Crippen LogP contribution in [0.2, 0.25) is 0 Å². The molecule has 0 amide bonds. The van der Waals surface area contributed by atoms with Crippen LogP contribution in [0.15, 0.2) is 16.5 Å². The molecule has 2 aliphatic rings. The van der Waals surface area contributed by atoms with Gasteiger partial charge in [0.25, 0.3) is 5.89 Å². The summed E-state index contributed by atoms with van der Waals surface area (Å²) in [6.07, 6.45) is -0.567. The number of rotatable bonds is 6. The molecule has 0 radical (unpaired) electrons. The van der Waals surface area contributed by atoms with Crippen molar-refractivity contribution in [3.8, 4) is 28.5 Å². The van der Waals surface area contributed by atoms with Crippen molar-refractivity contribution in [2.24, 2.45) is 7.05 Å². The summed E-state index contributed by atoms with van der Waals surface area (Å²) >= 11 is 0. The summed E-state index contributed by atoms with van der Waals surface area (Å²) in [6.45, 7) is 10.1. The number of halogens is 2. The number of fused-ring (bicyclic) bond motifs is 2. The molecule has 0 aliphatic carbocycles. The summed E-state index contributed by atoms with van der Waals surface area (Å²) in [6, 6.07) is 3.43. The maximum atomic E-state index is 15.6. The highest BCUT2D eigenvalue weighted by Gasteiger charge is 2.35. The van der Waals surface area contributed by atoms with Crippen LogP contribution < -0.4 is 9.64 Å². The zero-order chi connectivity index (χ0) is 30.8. The fraction of sp³-hybridized carbons (Fsp3) is 0.484. The molecule has 0 spiro atoms. The van der Waals surface area contributed by atoms with Gasteiger partial charge in [-0.25, -0.2) is 18.6 Å². The van der Waals surface area contributed by atoms with Crippen LogP contribution >= 0.6 is 0 Å². The van der Waals surface area contributed by atoms with Crippen LogP contribution in [0.3, 0.4) is 0 Å². The van der Waals surface area contributed by atoms with Crippen molar-refractivity contribution in [2.75, 3.05) is 24.6 Å². The highest BCUT2D eigenvalue weighted by molar-refractivity contribution is 6.01. The Labute approximate surface area is 247 Å². The van der Waals surface area contributed by atoms with Crippen LogP contribution in [0.25, 0.3) is 33.7 Å². The highest BCUT2D eigenvalue weighted by Crippen LogP contribution is 2.45. The normalized spacial score (nSPS) is 17.8. The van der Waals surface area contributed by atoms with E-state index in [2.05, 4.69) is 10.2 Å². The Morgan fingerprint density at radius 2 is 2.00 bits per heavy atom. The molecule has 2 atom stereocenters. The first-order valence-corrected chi connectivity index (χ1v) is 14.4. The number of aliphatic carboxylic acids is 1. The molecule has 43 heavy (non-hydrogen) atoms. The lowest BCUT2D eigenvalue weighted by molar-refractivity contribution is -0.160. The molecule has 0 saturated carbocycles. The number of aromatic nitrogens is 4. The van der Waals surface area contributed by atoms with E-state index in [1.54, 1.807) is 50.3 Å². The van der Waals surface area contributed by atoms with E-state index in [1.165, 1.54) is 6.07 Å². The van der Waals surface area contributed by atoms with Gasteiger partial charge in [0.2, 0.25) is 0 Å². The minimum atomic E-state index is -1.39. The summed E-state index contributed by atoms with van der Waals surface area (Å²) in [5.41, 5.74) is 3.60. The molecule has 0 bridgehead atoms. The van der Waals surface area contributed by atoms with E-state index in [4.69, 9.17) is 18.9 Å². The molecule has 1 aromatic carbocycles. The van der Waals surface area contributed by atoms with Crippen LogP contribution in [-0.2, 0) is 23.0 Å². The smallest absolute Gasteiger partial charge is 0.337 e. The van der Waals surface area contributed by atoms with E-state index in [9.17, 15) is 14.3 Å². The van der Waals surface area contributed by atoms with Crippen molar-refractivity contribution in [1.82, 2.24) is 19.7 Å². The number of ether oxygens (including phenoxy) is 2. The number of carboxylic acids is 1. The molecule has 6 rings (SSSR count). The molecule has 12 heteroatoms. The Bertz CT molecular complexity index is 1740. The molecule has 10 nitrogen and oxygen atoms in total. The van der Waals surface area contributed by atoms with Crippen LogP contribution in [0.5, 0.6) is 5.75 Å². The molecule has 228 valence electrons. The third kappa shape index (κ3) is 5.11. The minimum Gasteiger partial charge on any atom is -0.490 e. The molecule has 1 N–H and O–H groups in total. The monoisotopic (exact) mass is 595 g/mol. The molecule has 0 unspecified atom stereocenters. The van der Waals surface area contributed by atoms with Gasteiger partial charge in [0.05, 0.1) is 18.8 Å². The van der Waals surface area contributed by atoms with E-state index < -0.39 is 29.7 Å². The number of pyridine rings is 1. The topological polar surface area (TPSA) is 116 Å². The number of hydrogen-bond donors (Lipinski definition) is 1. The molecule has 5 heterocycles. The van der Waals surface area contributed by atoms with E-state index in [0.29, 0.717) is 65.1 Å². The predicted molar refractivity (Wildman–Crippen MR) is 156 cm³/mol. The summed E-state index contributed by atoms with van der Waals surface area (Å²) < 4.78 is 49.0. The third-order valence-electron chi connectivity index (χ3n) is 8.10.